The smallest absolute Gasteiger partial charge is 0.335 e. The quantitative estimate of drug-likeness (QED) is 0.228. The number of sulfonamides is 1. The topological polar surface area (TPSA) is 200 Å². The van der Waals surface area contributed by atoms with E-state index in [4.69, 9.17) is 25.8 Å². The van der Waals surface area contributed by atoms with E-state index < -0.39 is 16.1 Å². The molecular formula is C19H30N6O7S. The predicted octanol–water partition coefficient (Wildman–Crippen LogP) is -0.848. The monoisotopic (exact) mass is 486 g/mol. The summed E-state index contributed by atoms with van der Waals surface area (Å²) in [5.41, 5.74) is 6.17. The number of methoxy groups -OCH3 is 1. The summed E-state index contributed by atoms with van der Waals surface area (Å²) in [7, 11) is -2.70. The molecule has 14 heteroatoms. The van der Waals surface area contributed by atoms with Crippen LogP contribution in [0, 0.1) is 6.92 Å². The van der Waals surface area contributed by atoms with Crippen LogP contribution in [0.3, 0.4) is 0 Å². The van der Waals surface area contributed by atoms with E-state index in [-0.39, 0.29) is 42.2 Å². The maximum Gasteiger partial charge on any atom is 0.335 e. The molecule has 0 fully saturated rings. The summed E-state index contributed by atoms with van der Waals surface area (Å²) in [5, 5.41) is 27.7. The number of aryl methyl sites for hydroxylation is 1. The summed E-state index contributed by atoms with van der Waals surface area (Å²) in [6.45, 7) is 3.43. The Kier molecular flexibility index (Phi) is 12.0. The van der Waals surface area contributed by atoms with E-state index in [1.165, 1.54) is 25.3 Å². The van der Waals surface area contributed by atoms with Gasteiger partial charge in [-0.2, -0.15) is 4.98 Å². The van der Waals surface area contributed by atoms with E-state index in [0.29, 0.717) is 25.3 Å². The zero-order valence-electron chi connectivity index (χ0n) is 18.4. The van der Waals surface area contributed by atoms with Gasteiger partial charge in [-0.15, -0.1) is 0 Å². The van der Waals surface area contributed by atoms with E-state index in [1.54, 1.807) is 24.0 Å². The first kappa shape index (κ1) is 28.0. The number of nitrogens with one attached hydrogen (secondary N) is 2. The van der Waals surface area contributed by atoms with Gasteiger partial charge in [-0.1, -0.05) is 12.1 Å². The van der Waals surface area contributed by atoms with E-state index in [2.05, 4.69) is 15.3 Å². The van der Waals surface area contributed by atoms with Crippen molar-refractivity contribution >= 4 is 27.7 Å². The zero-order valence-corrected chi connectivity index (χ0v) is 19.2. The third-order valence-electron chi connectivity index (χ3n) is 3.95. The summed E-state index contributed by atoms with van der Waals surface area (Å²) in [6.07, 6.45) is 0. The number of carbonyl (C=O) groups is 1. The number of amides is 2. The lowest BCUT2D eigenvalue weighted by Gasteiger charge is -2.17. The van der Waals surface area contributed by atoms with Gasteiger partial charge in [0.15, 0.2) is 0 Å². The Balaban J connectivity index is 0.000000461. The molecule has 0 saturated carbocycles. The van der Waals surface area contributed by atoms with Gasteiger partial charge >= 0.3 is 6.03 Å². The third kappa shape index (κ3) is 9.97. The Labute approximate surface area is 192 Å². The minimum Gasteiger partial charge on any atom is -0.481 e. The molecule has 1 heterocycles. The van der Waals surface area contributed by atoms with E-state index in [1.807, 2.05) is 4.72 Å². The molecule has 0 unspecified atom stereocenters. The van der Waals surface area contributed by atoms with Crippen molar-refractivity contribution < 1.29 is 33.3 Å². The number of anilines is 2. The first-order valence-electron chi connectivity index (χ1n) is 9.79. The molecule has 1 aromatic heterocycles. The molecule has 13 nitrogen and oxygen atoms in total. The van der Waals surface area contributed by atoms with E-state index in [0.717, 1.165) is 0 Å². The van der Waals surface area contributed by atoms with Crippen molar-refractivity contribution in [2.45, 2.75) is 11.8 Å². The van der Waals surface area contributed by atoms with Crippen LogP contribution in [0.2, 0.25) is 0 Å². The highest BCUT2D eigenvalue weighted by Gasteiger charge is 2.20. The summed E-state index contributed by atoms with van der Waals surface area (Å²) < 4.78 is 31.0. The minimum atomic E-state index is -4.11. The van der Waals surface area contributed by atoms with Gasteiger partial charge in [-0.3, -0.25) is 10.2 Å². The summed E-state index contributed by atoms with van der Waals surface area (Å²) >= 11 is 0. The number of urea groups is 1. The van der Waals surface area contributed by atoms with E-state index >= 15 is 0 Å². The average molecular weight is 487 g/mol. The number of aliphatic hydroxyl groups is 3. The number of rotatable bonds is 10. The number of hydrogen-bond donors (Lipinski definition) is 6. The fourth-order valence-corrected chi connectivity index (χ4v) is 3.53. The standard InChI is InChI=1S/C13H15N5O4S.C6H15NO3/c1-8-7-11(22-2)16-12(15-8)17-13(19)18-23(20,21)10-6-4-3-5-9(10)14;8-4-1-7(2-5-9)3-6-10/h3-7H,14H2,1-2H3,(H2,15,16,17,18,19);8-10H,1-6H2. The van der Waals surface area contributed by atoms with E-state index in [9.17, 15) is 13.2 Å². The molecule has 2 aromatic rings. The molecule has 0 aliphatic rings. The zero-order chi connectivity index (χ0) is 24.9. The maximum atomic E-state index is 12.1. The van der Waals surface area contributed by atoms with Gasteiger partial charge < -0.3 is 25.8 Å². The van der Waals surface area contributed by atoms with Crippen LogP contribution < -0.4 is 20.5 Å². The van der Waals surface area contributed by atoms with Gasteiger partial charge in [0.05, 0.1) is 32.6 Å². The number of ether oxygens (including phenoxy) is 1. The second kappa shape index (κ2) is 14.2. The molecule has 2 amide bonds. The van der Waals surface area contributed by atoms with Crippen molar-refractivity contribution in [2.24, 2.45) is 0 Å². The molecule has 0 aliphatic carbocycles. The molecule has 33 heavy (non-hydrogen) atoms. The van der Waals surface area contributed by atoms with Crippen molar-refractivity contribution in [3.63, 3.8) is 0 Å². The molecule has 2 rings (SSSR count). The van der Waals surface area contributed by atoms with Crippen molar-refractivity contribution in [1.82, 2.24) is 19.6 Å². The van der Waals surface area contributed by atoms with Crippen molar-refractivity contribution in [1.29, 1.82) is 0 Å². The van der Waals surface area contributed by atoms with Gasteiger partial charge in [0, 0.05) is 31.4 Å². The third-order valence-corrected chi connectivity index (χ3v) is 5.35. The van der Waals surface area contributed by atoms with Gasteiger partial charge in [0.25, 0.3) is 10.0 Å². The SMILES string of the molecule is COc1cc(C)nc(NC(=O)NS(=O)(=O)c2ccccc2N)n1.OCCN(CCO)CCO. The Morgan fingerprint density at radius 1 is 1.09 bits per heavy atom. The highest BCUT2D eigenvalue weighted by molar-refractivity contribution is 7.90. The Morgan fingerprint density at radius 3 is 2.18 bits per heavy atom. The normalized spacial score (nSPS) is 10.8. The summed E-state index contributed by atoms with van der Waals surface area (Å²) in [6, 6.07) is 6.34. The molecule has 0 spiro atoms. The number of nitrogen functional groups attached to an aromatic ring is 1. The molecule has 1 aromatic carbocycles. The largest absolute Gasteiger partial charge is 0.481 e. The van der Waals surface area contributed by atoms with Crippen LogP contribution >= 0.6 is 0 Å². The number of hydrogen-bond acceptors (Lipinski definition) is 11. The fourth-order valence-electron chi connectivity index (χ4n) is 2.49. The molecule has 0 aliphatic heterocycles. The highest BCUT2D eigenvalue weighted by Crippen LogP contribution is 2.17. The van der Waals surface area contributed by atoms with Gasteiger partial charge in [0.2, 0.25) is 11.8 Å². The van der Waals surface area contributed by atoms with Crippen LogP contribution in [0.1, 0.15) is 5.69 Å². The molecule has 0 bridgehead atoms. The number of carbonyl (C=O) groups excluding carboxylic acids is 1. The Bertz CT molecular complexity index is 976. The fraction of sp³-hybridized carbons (Fsp3) is 0.421. The molecule has 0 atom stereocenters. The maximum absolute atomic E-state index is 12.1. The Morgan fingerprint density at radius 2 is 1.67 bits per heavy atom. The van der Waals surface area contributed by atoms with Gasteiger partial charge in [-0.25, -0.2) is 22.9 Å². The summed E-state index contributed by atoms with van der Waals surface area (Å²) in [4.78, 5) is 21.3. The first-order chi connectivity index (χ1) is 15.7. The molecule has 0 radical (unpaired) electrons. The number of para-hydroxylation sites is 1. The lowest BCUT2D eigenvalue weighted by Crippen LogP contribution is -2.35. The highest BCUT2D eigenvalue weighted by atomic mass is 32.2. The van der Waals surface area contributed by atoms with Gasteiger partial charge in [0.1, 0.15) is 4.90 Å². The van der Waals surface area contributed by atoms with Crippen LogP contribution in [0.5, 0.6) is 5.88 Å². The average Bonchev–Trinajstić information content (AvgIpc) is 2.74. The molecule has 184 valence electrons. The lowest BCUT2D eigenvalue weighted by molar-refractivity contribution is 0.136. The van der Waals surface area contributed by atoms with Crippen LogP contribution in [0.4, 0.5) is 16.4 Å². The van der Waals surface area contributed by atoms with Crippen molar-refractivity contribution in [3.05, 3.63) is 36.0 Å². The van der Waals surface area contributed by atoms with Crippen molar-refractivity contribution in [2.75, 3.05) is 57.6 Å². The predicted molar refractivity (Wildman–Crippen MR) is 121 cm³/mol. The number of nitrogens with two attached hydrogens (primary N) is 1. The molecular weight excluding hydrogens is 456 g/mol. The number of nitrogens with zero attached hydrogens (tertiary/aromatic N) is 3. The van der Waals surface area contributed by atoms with Crippen LogP contribution in [-0.2, 0) is 10.0 Å². The Hall–Kier alpha value is -3.04. The number of aliphatic hydroxyl groups excluding tert-OH is 3. The second-order valence-electron chi connectivity index (χ2n) is 6.49. The first-order valence-corrected chi connectivity index (χ1v) is 11.3. The van der Waals surface area contributed by atoms with Crippen LogP contribution in [-0.4, -0.2) is 91.2 Å². The lowest BCUT2D eigenvalue weighted by atomic mass is 10.3. The van der Waals surface area contributed by atoms with Gasteiger partial charge in [-0.05, 0) is 19.1 Å². The van der Waals surface area contributed by atoms with Crippen LogP contribution in [0.15, 0.2) is 35.2 Å². The van der Waals surface area contributed by atoms with Crippen LogP contribution in [0.25, 0.3) is 0 Å². The summed E-state index contributed by atoms with van der Waals surface area (Å²) in [5.74, 6) is 0.151. The molecule has 0 saturated heterocycles. The molecule has 7 N–H and O–H groups in total. The minimum absolute atomic E-state index is 0.0290. The number of benzene rings is 1. The number of aromatic nitrogens is 2. The second-order valence-corrected chi connectivity index (χ2v) is 8.14. The van der Waals surface area contributed by atoms with Crippen molar-refractivity contribution in [3.8, 4) is 5.88 Å².